The van der Waals surface area contributed by atoms with Crippen LogP contribution in [0.3, 0.4) is 0 Å². The Bertz CT molecular complexity index is 775. The van der Waals surface area contributed by atoms with Gasteiger partial charge in [-0.15, -0.1) is 0 Å². The monoisotopic (exact) mass is 346 g/mol. The van der Waals surface area contributed by atoms with Gasteiger partial charge in [-0.2, -0.15) is 0 Å². The van der Waals surface area contributed by atoms with Gasteiger partial charge in [0.05, 0.1) is 0 Å². The van der Waals surface area contributed by atoms with Crippen LogP contribution >= 0.6 is 23.2 Å². The van der Waals surface area contributed by atoms with Crippen molar-refractivity contribution in [3.63, 3.8) is 0 Å². The summed E-state index contributed by atoms with van der Waals surface area (Å²) in [6.45, 7) is 1.90. The van der Waals surface area contributed by atoms with E-state index in [1.54, 1.807) is 36.5 Å². The number of nitrogens with zero attached hydrogens (tertiary/aromatic N) is 2. The van der Waals surface area contributed by atoms with Crippen LogP contribution in [0, 0.1) is 6.92 Å². The predicted molar refractivity (Wildman–Crippen MR) is 89.8 cm³/mol. The Morgan fingerprint density at radius 1 is 0.870 bits per heavy atom. The van der Waals surface area contributed by atoms with Crippen LogP contribution in [0.2, 0.25) is 10.3 Å². The van der Waals surface area contributed by atoms with E-state index in [1.807, 2.05) is 25.1 Å². The van der Waals surface area contributed by atoms with Gasteiger partial charge in [0.25, 0.3) is 0 Å². The number of halogens is 2. The van der Waals surface area contributed by atoms with Gasteiger partial charge in [-0.25, -0.2) is 9.97 Å². The molecule has 0 aliphatic rings. The molecule has 0 atom stereocenters. The summed E-state index contributed by atoms with van der Waals surface area (Å²) in [7, 11) is 0. The van der Waals surface area contributed by atoms with E-state index in [1.165, 1.54) is 0 Å². The van der Waals surface area contributed by atoms with Crippen LogP contribution in [0.4, 0.5) is 0 Å². The van der Waals surface area contributed by atoms with Crippen molar-refractivity contribution >= 4 is 23.2 Å². The van der Waals surface area contributed by atoms with Gasteiger partial charge in [0.2, 0.25) is 5.88 Å². The van der Waals surface area contributed by atoms with Crippen LogP contribution in [0.25, 0.3) is 0 Å². The lowest BCUT2D eigenvalue weighted by Gasteiger charge is -2.13. The molecule has 2 heterocycles. The average molecular weight is 347 g/mol. The first-order valence-corrected chi connectivity index (χ1v) is 7.57. The van der Waals surface area contributed by atoms with Crippen molar-refractivity contribution in [2.24, 2.45) is 0 Å². The van der Waals surface area contributed by atoms with Crippen molar-refractivity contribution < 1.29 is 9.47 Å². The molecule has 23 heavy (non-hydrogen) atoms. The highest BCUT2D eigenvalue weighted by Crippen LogP contribution is 2.33. The maximum Gasteiger partial charge on any atom is 0.220 e. The van der Waals surface area contributed by atoms with Crippen LogP contribution in [-0.4, -0.2) is 9.97 Å². The Morgan fingerprint density at radius 3 is 2.35 bits per heavy atom. The SMILES string of the molecule is Cc1c(Oc2ccnc(Cl)c2)cccc1Oc1cccc(Cl)n1. The number of hydrogen-bond acceptors (Lipinski definition) is 4. The molecule has 0 saturated heterocycles. The van der Waals surface area contributed by atoms with Crippen LogP contribution in [0.5, 0.6) is 23.1 Å². The van der Waals surface area contributed by atoms with Gasteiger partial charge in [-0.3, -0.25) is 0 Å². The van der Waals surface area contributed by atoms with Gasteiger partial charge < -0.3 is 9.47 Å². The van der Waals surface area contributed by atoms with Gasteiger partial charge in [-0.1, -0.05) is 35.3 Å². The first-order chi connectivity index (χ1) is 11.1. The second-order valence-electron chi connectivity index (χ2n) is 4.70. The molecule has 0 aliphatic heterocycles. The highest BCUT2D eigenvalue weighted by atomic mass is 35.5. The van der Waals surface area contributed by atoms with E-state index >= 15 is 0 Å². The number of hydrogen-bond donors (Lipinski definition) is 0. The summed E-state index contributed by atoms with van der Waals surface area (Å²) in [6.07, 6.45) is 1.59. The number of pyridine rings is 2. The topological polar surface area (TPSA) is 44.2 Å². The number of benzene rings is 1. The van der Waals surface area contributed by atoms with Crippen molar-refractivity contribution in [2.75, 3.05) is 0 Å². The molecule has 0 radical (unpaired) electrons. The summed E-state index contributed by atoms with van der Waals surface area (Å²) >= 11 is 11.7. The van der Waals surface area contributed by atoms with E-state index in [2.05, 4.69) is 9.97 Å². The molecule has 0 unspecified atom stereocenters. The predicted octanol–water partition coefficient (Wildman–Crippen LogP) is 5.68. The summed E-state index contributed by atoms with van der Waals surface area (Å²) in [6, 6.07) is 14.1. The molecule has 116 valence electrons. The number of aromatic nitrogens is 2. The Hall–Kier alpha value is -2.30. The second-order valence-corrected chi connectivity index (χ2v) is 5.47. The summed E-state index contributed by atoms with van der Waals surface area (Å²) in [4.78, 5) is 8.04. The Balaban J connectivity index is 1.86. The Morgan fingerprint density at radius 2 is 1.61 bits per heavy atom. The number of ether oxygens (including phenoxy) is 2. The smallest absolute Gasteiger partial charge is 0.220 e. The first kappa shape index (κ1) is 15.6. The van der Waals surface area contributed by atoms with Crippen molar-refractivity contribution in [3.05, 3.63) is 70.6 Å². The van der Waals surface area contributed by atoms with Crippen molar-refractivity contribution in [1.82, 2.24) is 9.97 Å². The minimum atomic E-state index is 0.371. The van der Waals surface area contributed by atoms with Crippen LogP contribution in [0.1, 0.15) is 5.56 Å². The molecule has 0 spiro atoms. The molecule has 0 saturated carbocycles. The van der Waals surface area contributed by atoms with Gasteiger partial charge in [0.15, 0.2) is 0 Å². The molecule has 2 aromatic heterocycles. The summed E-state index contributed by atoms with van der Waals surface area (Å²) < 4.78 is 11.6. The third kappa shape index (κ3) is 3.92. The lowest BCUT2D eigenvalue weighted by molar-refractivity contribution is 0.443. The zero-order valence-corrected chi connectivity index (χ0v) is 13.7. The van der Waals surface area contributed by atoms with Crippen molar-refractivity contribution in [1.29, 1.82) is 0 Å². The zero-order chi connectivity index (χ0) is 16.2. The van der Waals surface area contributed by atoms with E-state index in [0.717, 1.165) is 5.56 Å². The van der Waals surface area contributed by atoms with Gasteiger partial charge in [0.1, 0.15) is 27.6 Å². The molecule has 0 amide bonds. The largest absolute Gasteiger partial charge is 0.457 e. The average Bonchev–Trinajstić information content (AvgIpc) is 2.51. The third-order valence-corrected chi connectivity index (χ3v) is 3.48. The Labute approximate surface area is 143 Å². The molecule has 4 nitrogen and oxygen atoms in total. The highest BCUT2D eigenvalue weighted by molar-refractivity contribution is 6.29. The fourth-order valence-corrected chi connectivity index (χ4v) is 2.27. The van der Waals surface area contributed by atoms with Crippen molar-refractivity contribution in [3.8, 4) is 23.1 Å². The van der Waals surface area contributed by atoms with E-state index in [-0.39, 0.29) is 0 Å². The van der Waals surface area contributed by atoms with Crippen LogP contribution < -0.4 is 9.47 Å². The first-order valence-electron chi connectivity index (χ1n) is 6.81. The third-order valence-electron chi connectivity index (χ3n) is 3.06. The normalized spacial score (nSPS) is 10.4. The summed E-state index contributed by atoms with van der Waals surface area (Å²) in [5.41, 5.74) is 0.835. The summed E-state index contributed by atoms with van der Waals surface area (Å²) in [5.74, 6) is 2.32. The molecule has 1 aromatic carbocycles. The van der Waals surface area contributed by atoms with E-state index in [0.29, 0.717) is 33.4 Å². The van der Waals surface area contributed by atoms with E-state index < -0.39 is 0 Å². The molecular formula is C17H12Cl2N2O2. The van der Waals surface area contributed by atoms with Crippen LogP contribution in [-0.2, 0) is 0 Å². The molecule has 0 fully saturated rings. The molecule has 0 aliphatic carbocycles. The fraction of sp³-hybridized carbons (Fsp3) is 0.0588. The summed E-state index contributed by atoms with van der Waals surface area (Å²) in [5, 5.41) is 0.745. The molecule has 3 rings (SSSR count). The molecule has 0 bridgehead atoms. The molecule has 3 aromatic rings. The maximum absolute atomic E-state index is 5.87. The maximum atomic E-state index is 5.87. The van der Waals surface area contributed by atoms with Gasteiger partial charge in [-0.05, 0) is 31.2 Å². The lowest BCUT2D eigenvalue weighted by atomic mass is 10.2. The van der Waals surface area contributed by atoms with Crippen molar-refractivity contribution in [2.45, 2.75) is 6.92 Å². The van der Waals surface area contributed by atoms with Crippen LogP contribution in [0.15, 0.2) is 54.7 Å². The second kappa shape index (κ2) is 6.86. The van der Waals surface area contributed by atoms with E-state index in [9.17, 15) is 0 Å². The lowest BCUT2D eigenvalue weighted by Crippen LogP contribution is -1.93. The molecule has 6 heteroatoms. The highest BCUT2D eigenvalue weighted by Gasteiger charge is 2.09. The molecular weight excluding hydrogens is 335 g/mol. The minimum absolute atomic E-state index is 0.371. The molecule has 0 N–H and O–H groups in total. The van der Waals surface area contributed by atoms with Gasteiger partial charge >= 0.3 is 0 Å². The Kier molecular flexibility index (Phi) is 4.65. The quantitative estimate of drug-likeness (QED) is 0.570. The number of rotatable bonds is 4. The van der Waals surface area contributed by atoms with Gasteiger partial charge in [0, 0.05) is 23.9 Å². The standard InChI is InChI=1S/C17H12Cl2N2O2/c1-11-13(22-12-8-9-20-16(19)10-12)4-2-5-14(11)23-17-7-3-6-15(18)21-17/h2-10H,1H3. The minimum Gasteiger partial charge on any atom is -0.457 e. The zero-order valence-electron chi connectivity index (χ0n) is 12.2. The van der Waals surface area contributed by atoms with E-state index in [4.69, 9.17) is 32.7 Å². The fourth-order valence-electron chi connectivity index (χ4n) is 1.95.